The molecular formula is C46H48N2S. The Bertz CT molecular complexity index is 1950. The molecule has 0 radical (unpaired) electrons. The summed E-state index contributed by atoms with van der Waals surface area (Å²) in [6.45, 7) is 9.49. The molecule has 5 atom stereocenters. The van der Waals surface area contributed by atoms with Crippen molar-refractivity contribution < 1.29 is 0 Å². The van der Waals surface area contributed by atoms with Gasteiger partial charge in [-0.1, -0.05) is 109 Å². The first-order valence-electron chi connectivity index (χ1n) is 18.0. The maximum absolute atomic E-state index is 4.78. The van der Waals surface area contributed by atoms with Crippen LogP contribution < -0.4 is 0 Å². The van der Waals surface area contributed by atoms with Crippen molar-refractivity contribution in [1.29, 1.82) is 0 Å². The number of nitrogens with zero attached hydrogens (tertiary/aromatic N) is 2. The van der Waals surface area contributed by atoms with Gasteiger partial charge in [0.1, 0.15) is 0 Å². The zero-order valence-corrected chi connectivity index (χ0v) is 30.1. The fourth-order valence-corrected chi connectivity index (χ4v) is 8.80. The van der Waals surface area contributed by atoms with Crippen LogP contribution in [-0.4, -0.2) is 17.2 Å². The van der Waals surface area contributed by atoms with Gasteiger partial charge in [-0.3, -0.25) is 4.99 Å². The lowest BCUT2D eigenvalue weighted by Gasteiger charge is -2.28. The highest BCUT2D eigenvalue weighted by Crippen LogP contribution is 2.59. The van der Waals surface area contributed by atoms with E-state index in [1.165, 1.54) is 55.1 Å². The van der Waals surface area contributed by atoms with Crippen LogP contribution in [0.15, 0.2) is 179 Å². The maximum atomic E-state index is 4.78. The SMILES string of the molecule is C/C=C(\C=C/CN(C1=CC2C(c3cc4ccccc4s3)[C@@H]2C=C1)/C(C)=C/C=C(C)/C(C)=N/C=C1/C=CC=CC1)C1=CC2C=CC=CC2CC1. The third-order valence-corrected chi connectivity index (χ3v) is 11.9. The average molecular weight is 661 g/mol. The predicted molar refractivity (Wildman–Crippen MR) is 213 cm³/mol. The molecule has 1 aromatic heterocycles. The Kier molecular flexibility index (Phi) is 10.1. The van der Waals surface area contributed by atoms with Crippen molar-refractivity contribution in [2.24, 2.45) is 28.7 Å². The number of benzene rings is 1. The molecule has 2 nitrogen and oxygen atoms in total. The highest BCUT2D eigenvalue weighted by Gasteiger charge is 2.50. The van der Waals surface area contributed by atoms with E-state index in [1.807, 2.05) is 17.5 Å². The number of fused-ring (bicyclic) bond motifs is 3. The Balaban J connectivity index is 1.12. The summed E-state index contributed by atoms with van der Waals surface area (Å²) < 4.78 is 1.39. The van der Waals surface area contributed by atoms with E-state index in [4.69, 9.17) is 4.99 Å². The molecule has 1 aromatic carbocycles. The number of allylic oxidation sites excluding steroid dienone is 21. The second-order valence-electron chi connectivity index (χ2n) is 13.9. The monoisotopic (exact) mass is 660 g/mol. The molecule has 4 unspecified atom stereocenters. The number of hydrogen-bond donors (Lipinski definition) is 0. The van der Waals surface area contributed by atoms with Crippen molar-refractivity contribution >= 4 is 27.1 Å². The fourth-order valence-electron chi connectivity index (χ4n) is 7.52. The molecule has 0 amide bonds. The molecule has 0 aliphatic heterocycles. The molecule has 248 valence electrons. The van der Waals surface area contributed by atoms with E-state index < -0.39 is 0 Å². The van der Waals surface area contributed by atoms with E-state index in [9.17, 15) is 0 Å². The number of rotatable bonds is 10. The zero-order chi connectivity index (χ0) is 33.7. The topological polar surface area (TPSA) is 15.6 Å². The van der Waals surface area contributed by atoms with Gasteiger partial charge in [0.05, 0.1) is 0 Å². The van der Waals surface area contributed by atoms with Crippen LogP contribution in [0, 0.1) is 23.7 Å². The van der Waals surface area contributed by atoms with Crippen molar-refractivity contribution in [2.45, 2.75) is 52.9 Å². The van der Waals surface area contributed by atoms with Crippen LogP contribution in [0.25, 0.3) is 10.1 Å². The number of thiophene rings is 1. The molecule has 49 heavy (non-hydrogen) atoms. The minimum absolute atomic E-state index is 0.519. The quantitative estimate of drug-likeness (QED) is 0.183. The van der Waals surface area contributed by atoms with E-state index in [1.54, 1.807) is 0 Å². The molecule has 1 saturated carbocycles. The molecule has 5 aliphatic rings. The second-order valence-corrected chi connectivity index (χ2v) is 15.0. The normalized spacial score (nSPS) is 27.5. The first-order chi connectivity index (χ1) is 24.0. The number of aliphatic imine (C=N–C) groups is 1. The van der Waals surface area contributed by atoms with Crippen molar-refractivity contribution in [1.82, 2.24) is 4.90 Å². The summed E-state index contributed by atoms with van der Waals surface area (Å²) in [5, 5.41) is 1.37. The van der Waals surface area contributed by atoms with Crippen LogP contribution in [0.5, 0.6) is 0 Å². The molecule has 0 spiro atoms. The summed E-state index contributed by atoms with van der Waals surface area (Å²) in [6, 6.07) is 11.2. The fraction of sp³-hybridized carbons (Fsp3) is 0.283. The van der Waals surface area contributed by atoms with Gasteiger partial charge < -0.3 is 4.90 Å². The van der Waals surface area contributed by atoms with E-state index in [0.717, 1.165) is 25.1 Å². The van der Waals surface area contributed by atoms with Crippen LogP contribution in [-0.2, 0) is 0 Å². The smallest absolute Gasteiger partial charge is 0.0411 e. The lowest BCUT2D eigenvalue weighted by atomic mass is 9.77. The van der Waals surface area contributed by atoms with E-state index in [-0.39, 0.29) is 0 Å². The summed E-state index contributed by atoms with van der Waals surface area (Å²) in [5.74, 6) is 2.90. The molecule has 5 aliphatic carbocycles. The largest absolute Gasteiger partial charge is 0.342 e. The third kappa shape index (κ3) is 7.58. The highest BCUT2D eigenvalue weighted by atomic mass is 32.1. The van der Waals surface area contributed by atoms with Crippen LogP contribution in [0.4, 0.5) is 0 Å². The molecule has 0 N–H and O–H groups in total. The van der Waals surface area contributed by atoms with Crippen LogP contribution in [0.1, 0.15) is 57.8 Å². The van der Waals surface area contributed by atoms with Gasteiger partial charge in [-0.25, -0.2) is 0 Å². The van der Waals surface area contributed by atoms with Crippen molar-refractivity contribution in [3.63, 3.8) is 0 Å². The van der Waals surface area contributed by atoms with E-state index >= 15 is 0 Å². The first kappa shape index (κ1) is 33.0. The molecule has 0 saturated heterocycles. The molecule has 1 heterocycles. The lowest BCUT2D eigenvalue weighted by molar-refractivity contribution is 0.480. The summed E-state index contributed by atoms with van der Waals surface area (Å²) in [6.07, 6.45) is 44.3. The number of hydrogen-bond acceptors (Lipinski definition) is 3. The van der Waals surface area contributed by atoms with Crippen molar-refractivity contribution in [2.75, 3.05) is 6.54 Å². The van der Waals surface area contributed by atoms with Gasteiger partial charge in [-0.05, 0) is 117 Å². The van der Waals surface area contributed by atoms with Crippen LogP contribution >= 0.6 is 11.3 Å². The van der Waals surface area contributed by atoms with Crippen molar-refractivity contribution in [3.8, 4) is 0 Å². The van der Waals surface area contributed by atoms with E-state index in [2.05, 4.69) is 166 Å². The average Bonchev–Trinajstić information content (AvgIpc) is 3.70. The van der Waals surface area contributed by atoms with Crippen LogP contribution in [0.3, 0.4) is 0 Å². The minimum Gasteiger partial charge on any atom is -0.342 e. The molecule has 2 aromatic rings. The van der Waals surface area contributed by atoms with Gasteiger partial charge in [0.2, 0.25) is 0 Å². The Morgan fingerprint density at radius 1 is 0.959 bits per heavy atom. The van der Waals surface area contributed by atoms with Gasteiger partial charge in [-0.15, -0.1) is 11.3 Å². The van der Waals surface area contributed by atoms with Gasteiger partial charge in [0.15, 0.2) is 0 Å². The zero-order valence-electron chi connectivity index (χ0n) is 29.3. The van der Waals surface area contributed by atoms with Crippen LogP contribution in [0.2, 0.25) is 0 Å². The Hall–Kier alpha value is -4.47. The Morgan fingerprint density at radius 3 is 2.67 bits per heavy atom. The molecule has 0 bridgehead atoms. The first-order valence-corrected chi connectivity index (χ1v) is 18.8. The van der Waals surface area contributed by atoms with Gasteiger partial charge in [0, 0.05) is 51.3 Å². The molecule has 3 heteroatoms. The lowest BCUT2D eigenvalue weighted by Crippen LogP contribution is -2.21. The second kappa shape index (κ2) is 15.0. The summed E-state index contributed by atoms with van der Waals surface area (Å²) in [5.41, 5.74) is 8.80. The maximum Gasteiger partial charge on any atom is 0.0411 e. The minimum atomic E-state index is 0.519. The van der Waals surface area contributed by atoms with Crippen molar-refractivity contribution in [3.05, 3.63) is 178 Å². The van der Waals surface area contributed by atoms with Gasteiger partial charge >= 0.3 is 0 Å². The van der Waals surface area contributed by atoms with E-state index in [0.29, 0.717) is 29.6 Å². The Labute approximate surface area is 297 Å². The predicted octanol–water partition coefficient (Wildman–Crippen LogP) is 12.3. The highest BCUT2D eigenvalue weighted by molar-refractivity contribution is 7.19. The summed E-state index contributed by atoms with van der Waals surface area (Å²) in [7, 11) is 0. The Morgan fingerprint density at radius 2 is 1.84 bits per heavy atom. The molecule has 1 fully saturated rings. The molecule has 7 rings (SSSR count). The van der Waals surface area contributed by atoms with Gasteiger partial charge in [0.25, 0.3) is 0 Å². The molecular weight excluding hydrogens is 613 g/mol. The summed E-state index contributed by atoms with van der Waals surface area (Å²) >= 11 is 1.97. The third-order valence-electron chi connectivity index (χ3n) is 10.7. The summed E-state index contributed by atoms with van der Waals surface area (Å²) in [4.78, 5) is 8.78. The standard InChI is InChI=1S/C46H48N2S/c1-5-36(39-24-23-37-16-9-10-17-38(37)28-39)19-13-27-48(33(3)22-21-32(2)34(4)47-31-35-14-7-6-8-15-35)41-25-26-42-43(30-41)46(42)45-29-40-18-11-12-20-44(40)49-45/h5-14,16-22,25-26,28-31,37-38,42-43,46H,15,23-24,27H2,1-4H3/b19-13-,32-21+,33-22+,35-31-,36-5+,47-34+/t37?,38?,42-,43?,46?/m1/s1. The van der Waals surface area contributed by atoms with Gasteiger partial charge in [-0.2, -0.15) is 0 Å².